The highest BCUT2D eigenvalue weighted by Crippen LogP contribution is 2.33. The Morgan fingerprint density at radius 2 is 1.95 bits per heavy atom. The van der Waals surface area contributed by atoms with Crippen molar-refractivity contribution >= 4 is 12.2 Å². The zero-order valence-corrected chi connectivity index (χ0v) is 26.8. The topological polar surface area (TPSA) is 81.3 Å². The summed E-state index contributed by atoms with van der Waals surface area (Å²) in [5, 5.41) is 0. The van der Waals surface area contributed by atoms with Crippen LogP contribution in [0, 0.1) is 0 Å². The van der Waals surface area contributed by atoms with E-state index in [9.17, 15) is 4.79 Å². The molecule has 0 radical (unpaired) electrons. The van der Waals surface area contributed by atoms with Crippen LogP contribution in [0.3, 0.4) is 0 Å². The number of nitrogens with two attached hydrogens (primary N) is 1. The van der Waals surface area contributed by atoms with Crippen molar-refractivity contribution < 1.29 is 4.79 Å². The van der Waals surface area contributed by atoms with Gasteiger partial charge in [0, 0.05) is 38.5 Å². The molecule has 1 aromatic rings. The van der Waals surface area contributed by atoms with Crippen molar-refractivity contribution in [2.24, 2.45) is 10.7 Å². The zero-order chi connectivity index (χ0) is 30.1. The predicted molar refractivity (Wildman–Crippen MR) is 170 cm³/mol. The van der Waals surface area contributed by atoms with E-state index in [2.05, 4.69) is 86.7 Å². The first kappa shape index (κ1) is 35.5. The molecule has 0 saturated carbocycles. The predicted octanol–water partition coefficient (Wildman–Crippen LogP) is 5.09. The van der Waals surface area contributed by atoms with Gasteiger partial charge in [0.25, 0.3) is 0 Å². The van der Waals surface area contributed by atoms with Crippen LogP contribution in [0.25, 0.3) is 0 Å². The van der Waals surface area contributed by atoms with Crippen LogP contribution >= 0.6 is 0 Å². The molecule has 8 nitrogen and oxygen atoms in total. The maximum atomic E-state index is 11.8. The van der Waals surface area contributed by atoms with Crippen LogP contribution in [0.4, 0.5) is 0 Å². The van der Waals surface area contributed by atoms with Crippen molar-refractivity contribution in [3.63, 3.8) is 0 Å². The van der Waals surface area contributed by atoms with Gasteiger partial charge >= 0.3 is 0 Å². The number of likely N-dealkylation sites (N-methyl/N-ethyl adjacent to an activating group) is 2. The van der Waals surface area contributed by atoms with Crippen molar-refractivity contribution in [1.82, 2.24) is 24.6 Å². The minimum Gasteiger partial charge on any atom is -0.366 e. The fraction of sp³-hybridized carbons (Fsp3) is 0.656. The van der Waals surface area contributed by atoms with Crippen LogP contribution in [-0.4, -0.2) is 96.9 Å². The molecule has 0 spiro atoms. The van der Waals surface area contributed by atoms with Crippen molar-refractivity contribution in [2.45, 2.75) is 91.4 Å². The van der Waals surface area contributed by atoms with Crippen molar-refractivity contribution in [3.8, 4) is 0 Å². The molecular weight excluding hydrogens is 498 g/mol. The first-order valence-corrected chi connectivity index (χ1v) is 15.0. The van der Waals surface area contributed by atoms with Gasteiger partial charge in [-0.15, -0.1) is 0 Å². The second-order valence-electron chi connectivity index (χ2n) is 10.9. The number of fused-ring (bicyclic) bond motifs is 1. The zero-order valence-electron chi connectivity index (χ0n) is 26.8. The summed E-state index contributed by atoms with van der Waals surface area (Å²) in [5.41, 5.74) is 8.73. The van der Waals surface area contributed by atoms with E-state index in [1.807, 2.05) is 32.6 Å². The van der Waals surface area contributed by atoms with E-state index in [1.165, 1.54) is 11.6 Å². The fourth-order valence-electron chi connectivity index (χ4n) is 5.02. The number of carbonyl (C=O) groups is 1. The Morgan fingerprint density at radius 1 is 1.23 bits per heavy atom. The Kier molecular flexibility index (Phi) is 17.3. The summed E-state index contributed by atoms with van der Waals surface area (Å²) in [6, 6.07) is 4.92. The molecule has 2 rings (SSSR count). The van der Waals surface area contributed by atoms with Crippen molar-refractivity contribution in [2.75, 3.05) is 47.8 Å². The lowest BCUT2D eigenvalue weighted by atomic mass is 9.90. The van der Waals surface area contributed by atoms with Gasteiger partial charge < -0.3 is 15.5 Å². The SMILES string of the molecule is C/C=C\CC.CCCN(C/C(=C\C(N)=O)N=CN(C)C(C)N(C)CC(CC)N(C)C)C1CCCc2cccnc21. The van der Waals surface area contributed by atoms with Gasteiger partial charge in [-0.25, -0.2) is 4.99 Å². The maximum absolute atomic E-state index is 11.8. The van der Waals surface area contributed by atoms with E-state index in [1.54, 1.807) is 0 Å². The van der Waals surface area contributed by atoms with E-state index in [-0.39, 0.29) is 12.2 Å². The Balaban J connectivity index is 0.00000146. The molecule has 0 saturated heterocycles. The third-order valence-electron chi connectivity index (χ3n) is 7.60. The Labute approximate surface area is 245 Å². The van der Waals surface area contributed by atoms with Gasteiger partial charge in [0.2, 0.25) is 5.91 Å². The fourth-order valence-corrected chi connectivity index (χ4v) is 5.02. The maximum Gasteiger partial charge on any atom is 0.243 e. The van der Waals surface area contributed by atoms with Gasteiger partial charge in [-0.2, -0.15) is 0 Å². The summed E-state index contributed by atoms with van der Waals surface area (Å²) in [6.45, 7) is 13.2. The van der Waals surface area contributed by atoms with Crippen LogP contribution in [0.2, 0.25) is 0 Å². The molecule has 0 aromatic carbocycles. The molecular formula is C32H57N7O. The molecule has 1 aromatic heterocycles. The van der Waals surface area contributed by atoms with Crippen LogP contribution in [0.5, 0.6) is 0 Å². The molecule has 2 N–H and O–H groups in total. The largest absolute Gasteiger partial charge is 0.366 e. The quantitative estimate of drug-likeness (QED) is 0.107. The highest BCUT2D eigenvalue weighted by Gasteiger charge is 2.27. The van der Waals surface area contributed by atoms with Gasteiger partial charge in [-0.1, -0.05) is 39.0 Å². The highest BCUT2D eigenvalue weighted by atomic mass is 16.1. The summed E-state index contributed by atoms with van der Waals surface area (Å²) in [6.07, 6.45) is 16.0. The Morgan fingerprint density at radius 3 is 2.50 bits per heavy atom. The third-order valence-corrected chi connectivity index (χ3v) is 7.60. The molecule has 8 heteroatoms. The van der Waals surface area contributed by atoms with Gasteiger partial charge in [-0.3, -0.25) is 19.6 Å². The van der Waals surface area contributed by atoms with Crippen LogP contribution < -0.4 is 5.73 Å². The van der Waals surface area contributed by atoms with Crippen LogP contribution in [0.1, 0.15) is 84.0 Å². The third kappa shape index (κ3) is 12.3. The number of allylic oxidation sites excluding steroid dienone is 2. The number of primary amides is 1. The Hall–Kier alpha value is -2.55. The number of aromatic nitrogens is 1. The molecule has 3 atom stereocenters. The number of rotatable bonds is 15. The lowest BCUT2D eigenvalue weighted by Gasteiger charge is -2.36. The number of hydrogen-bond donors (Lipinski definition) is 1. The molecule has 226 valence electrons. The summed E-state index contributed by atoms with van der Waals surface area (Å²) in [7, 11) is 8.41. The minimum atomic E-state index is -0.472. The van der Waals surface area contributed by atoms with Crippen molar-refractivity contribution in [1.29, 1.82) is 0 Å². The average Bonchev–Trinajstić information content (AvgIpc) is 2.93. The van der Waals surface area contributed by atoms with E-state index in [0.29, 0.717) is 18.3 Å². The second-order valence-corrected chi connectivity index (χ2v) is 10.9. The van der Waals surface area contributed by atoms with E-state index in [0.717, 1.165) is 57.3 Å². The van der Waals surface area contributed by atoms with E-state index >= 15 is 0 Å². The van der Waals surface area contributed by atoms with Crippen LogP contribution in [-0.2, 0) is 11.2 Å². The molecule has 0 fully saturated rings. The normalized spacial score (nSPS) is 17.3. The number of aryl methyl sites for hydroxylation is 1. The number of carbonyl (C=O) groups excluding carboxylic acids is 1. The first-order valence-electron chi connectivity index (χ1n) is 15.0. The summed E-state index contributed by atoms with van der Waals surface area (Å²) < 4.78 is 0. The number of nitrogens with zero attached hydrogens (tertiary/aromatic N) is 6. The van der Waals surface area contributed by atoms with Gasteiger partial charge in [0.15, 0.2) is 0 Å². The molecule has 1 amide bonds. The number of hydrogen-bond acceptors (Lipinski definition) is 6. The molecule has 0 aliphatic heterocycles. The minimum absolute atomic E-state index is 0.156. The summed E-state index contributed by atoms with van der Waals surface area (Å²) in [4.78, 5) is 30.4. The monoisotopic (exact) mass is 555 g/mol. The summed E-state index contributed by atoms with van der Waals surface area (Å²) >= 11 is 0. The standard InChI is InChI=1S/C27H47N7O.C5H10/c1-8-16-34(25-14-10-12-22-13-11-15-29-27(22)25)18-23(17-26(28)35)30-20-33(7)21(3)32(6)19-24(9-2)31(4)5;1-3-5-4-2/h11,13,15,17,20-21,24-25H,8-10,12,14,16,18-19H2,1-7H3,(H2,28,35);3,5H,4H2,1-2H3/b23-17+,30-20?;5-3-. The van der Waals surface area contributed by atoms with Crippen molar-refractivity contribution in [3.05, 3.63) is 53.5 Å². The molecule has 0 bridgehead atoms. The number of amides is 1. The average molecular weight is 556 g/mol. The van der Waals surface area contributed by atoms with Crippen LogP contribution in [0.15, 0.2) is 47.2 Å². The highest BCUT2D eigenvalue weighted by molar-refractivity contribution is 5.86. The van der Waals surface area contributed by atoms with Gasteiger partial charge in [0.1, 0.15) is 0 Å². The van der Waals surface area contributed by atoms with E-state index < -0.39 is 5.91 Å². The smallest absolute Gasteiger partial charge is 0.243 e. The lowest BCUT2D eigenvalue weighted by Crippen LogP contribution is -2.47. The molecule has 1 aliphatic carbocycles. The Bertz CT molecular complexity index is 943. The molecule has 40 heavy (non-hydrogen) atoms. The van der Waals surface area contributed by atoms with Gasteiger partial charge in [-0.05, 0) is 91.7 Å². The van der Waals surface area contributed by atoms with E-state index in [4.69, 9.17) is 15.7 Å². The molecule has 1 heterocycles. The lowest BCUT2D eigenvalue weighted by molar-refractivity contribution is -0.113. The summed E-state index contributed by atoms with van der Waals surface area (Å²) in [5.74, 6) is -0.472. The number of pyridine rings is 1. The molecule has 3 unspecified atom stereocenters. The first-order chi connectivity index (χ1) is 19.1. The van der Waals surface area contributed by atoms with Gasteiger partial charge in [0.05, 0.1) is 29.9 Å². The number of aliphatic imine (C=N–C) groups is 1. The second kappa shape index (κ2) is 19.5. The molecule has 1 aliphatic rings.